The maximum atomic E-state index is 4.21. The summed E-state index contributed by atoms with van der Waals surface area (Å²) in [5, 5.41) is 3.53. The van der Waals surface area contributed by atoms with E-state index < -0.39 is 0 Å². The molecule has 1 aliphatic heterocycles. The van der Waals surface area contributed by atoms with Crippen molar-refractivity contribution in [3.05, 3.63) is 29.6 Å². The first-order valence-corrected chi connectivity index (χ1v) is 5.02. The summed E-state index contributed by atoms with van der Waals surface area (Å²) in [6, 6.07) is 4.87. The first-order valence-electron chi connectivity index (χ1n) is 5.02. The van der Waals surface area contributed by atoms with Crippen LogP contribution in [0.1, 0.15) is 36.6 Å². The van der Waals surface area contributed by atoms with Crippen molar-refractivity contribution in [3.8, 4) is 0 Å². The molecule has 0 spiro atoms. The number of hydrogen-bond donors (Lipinski definition) is 1. The quantitative estimate of drug-likeness (QED) is 0.709. The lowest BCUT2D eigenvalue weighted by Crippen LogP contribution is -2.26. The fourth-order valence-electron chi connectivity index (χ4n) is 1.92. The maximum absolute atomic E-state index is 4.21. The third-order valence-corrected chi connectivity index (χ3v) is 2.63. The highest BCUT2D eigenvalue weighted by molar-refractivity contribution is 5.19. The zero-order valence-corrected chi connectivity index (χ0v) is 8.09. The Kier molecular flexibility index (Phi) is 2.60. The molecule has 0 radical (unpaired) electrons. The van der Waals surface area contributed by atoms with Gasteiger partial charge in [0.05, 0.1) is 0 Å². The molecule has 1 aromatic heterocycles. The number of rotatable bonds is 1. The van der Waals surface area contributed by atoms with E-state index in [9.17, 15) is 0 Å². The van der Waals surface area contributed by atoms with E-state index in [0.717, 1.165) is 12.2 Å². The van der Waals surface area contributed by atoms with Gasteiger partial charge in [-0.25, -0.2) is 0 Å². The molecule has 1 atom stereocenters. The van der Waals surface area contributed by atoms with Crippen molar-refractivity contribution in [3.63, 3.8) is 0 Å². The van der Waals surface area contributed by atoms with Gasteiger partial charge in [0.2, 0.25) is 0 Å². The molecule has 0 aromatic carbocycles. The Hall–Kier alpha value is -0.890. The van der Waals surface area contributed by atoms with Crippen molar-refractivity contribution < 1.29 is 0 Å². The largest absolute Gasteiger partial charge is 0.310 e. The van der Waals surface area contributed by atoms with Crippen LogP contribution in [-0.2, 0) is 0 Å². The minimum atomic E-state index is 0.565. The van der Waals surface area contributed by atoms with Crippen molar-refractivity contribution >= 4 is 0 Å². The standard InChI is InChI=1S/C11H16N2/c1-9-8-10(5-7-12-9)11-4-2-3-6-13-11/h5,7-8,11,13H,2-4,6H2,1H3/t11-/m1/s1. The number of aryl methyl sites for hydroxylation is 1. The summed E-state index contributed by atoms with van der Waals surface area (Å²) in [6.45, 7) is 3.21. The van der Waals surface area contributed by atoms with Gasteiger partial charge in [0, 0.05) is 17.9 Å². The molecule has 1 aromatic rings. The normalized spacial score (nSPS) is 23.0. The highest BCUT2D eigenvalue weighted by atomic mass is 14.9. The van der Waals surface area contributed by atoms with Gasteiger partial charge in [-0.2, -0.15) is 0 Å². The lowest BCUT2D eigenvalue weighted by atomic mass is 9.98. The van der Waals surface area contributed by atoms with E-state index in [1.807, 2.05) is 13.1 Å². The average molecular weight is 176 g/mol. The van der Waals surface area contributed by atoms with Gasteiger partial charge in [-0.3, -0.25) is 4.98 Å². The van der Waals surface area contributed by atoms with Crippen LogP contribution in [0.2, 0.25) is 0 Å². The Bertz CT molecular complexity index is 277. The predicted octanol–water partition coefficient (Wildman–Crippen LogP) is 2.20. The van der Waals surface area contributed by atoms with Gasteiger partial charge in [-0.15, -0.1) is 0 Å². The zero-order valence-electron chi connectivity index (χ0n) is 8.09. The van der Waals surface area contributed by atoms with Gasteiger partial charge < -0.3 is 5.32 Å². The van der Waals surface area contributed by atoms with Crippen LogP contribution in [0.4, 0.5) is 0 Å². The predicted molar refractivity (Wildman–Crippen MR) is 53.6 cm³/mol. The smallest absolute Gasteiger partial charge is 0.0375 e. The summed E-state index contributed by atoms with van der Waals surface area (Å²) in [6.07, 6.45) is 5.84. The number of pyridine rings is 1. The molecule has 1 saturated heterocycles. The Morgan fingerprint density at radius 2 is 2.38 bits per heavy atom. The monoisotopic (exact) mass is 176 g/mol. The number of nitrogens with zero attached hydrogens (tertiary/aromatic N) is 1. The van der Waals surface area contributed by atoms with Crippen molar-refractivity contribution in [2.45, 2.75) is 32.2 Å². The Morgan fingerprint density at radius 3 is 3.08 bits per heavy atom. The second-order valence-electron chi connectivity index (χ2n) is 3.73. The van der Waals surface area contributed by atoms with Crippen molar-refractivity contribution in [1.29, 1.82) is 0 Å². The fraction of sp³-hybridized carbons (Fsp3) is 0.545. The van der Waals surface area contributed by atoms with E-state index in [1.54, 1.807) is 0 Å². The van der Waals surface area contributed by atoms with Gasteiger partial charge in [0.1, 0.15) is 0 Å². The van der Waals surface area contributed by atoms with Crippen LogP contribution in [0.25, 0.3) is 0 Å². The minimum absolute atomic E-state index is 0.565. The van der Waals surface area contributed by atoms with Crippen LogP contribution in [0.3, 0.4) is 0 Å². The molecule has 1 aliphatic rings. The van der Waals surface area contributed by atoms with E-state index in [2.05, 4.69) is 22.4 Å². The highest BCUT2D eigenvalue weighted by Gasteiger charge is 2.14. The molecule has 70 valence electrons. The van der Waals surface area contributed by atoms with Gasteiger partial charge in [0.25, 0.3) is 0 Å². The van der Waals surface area contributed by atoms with Crippen LogP contribution in [0, 0.1) is 6.92 Å². The molecule has 0 bridgehead atoms. The second kappa shape index (κ2) is 3.88. The third-order valence-electron chi connectivity index (χ3n) is 2.63. The number of hydrogen-bond acceptors (Lipinski definition) is 2. The Balaban J connectivity index is 2.14. The average Bonchev–Trinajstić information content (AvgIpc) is 2.19. The van der Waals surface area contributed by atoms with Crippen LogP contribution in [0.15, 0.2) is 18.3 Å². The molecular weight excluding hydrogens is 160 g/mol. The first-order chi connectivity index (χ1) is 6.36. The summed E-state index contributed by atoms with van der Waals surface area (Å²) < 4.78 is 0. The first kappa shape index (κ1) is 8.70. The van der Waals surface area contributed by atoms with Crippen LogP contribution in [-0.4, -0.2) is 11.5 Å². The van der Waals surface area contributed by atoms with Crippen molar-refractivity contribution in [2.75, 3.05) is 6.54 Å². The topological polar surface area (TPSA) is 24.9 Å². The van der Waals surface area contributed by atoms with E-state index in [4.69, 9.17) is 0 Å². The lowest BCUT2D eigenvalue weighted by molar-refractivity contribution is 0.412. The molecule has 0 aliphatic carbocycles. The molecule has 2 nitrogen and oxygen atoms in total. The molecule has 13 heavy (non-hydrogen) atoms. The SMILES string of the molecule is Cc1cc([C@H]2CCCCN2)ccn1. The molecule has 0 unspecified atom stereocenters. The Labute approximate surface area is 79.4 Å². The van der Waals surface area contributed by atoms with E-state index >= 15 is 0 Å². The molecule has 2 rings (SSSR count). The van der Waals surface area contributed by atoms with Gasteiger partial charge in [0.15, 0.2) is 0 Å². The van der Waals surface area contributed by atoms with E-state index in [-0.39, 0.29) is 0 Å². The fourth-order valence-corrected chi connectivity index (χ4v) is 1.92. The molecule has 1 fully saturated rings. The van der Waals surface area contributed by atoms with Crippen LogP contribution in [0.5, 0.6) is 0 Å². The van der Waals surface area contributed by atoms with E-state index in [0.29, 0.717) is 6.04 Å². The zero-order chi connectivity index (χ0) is 9.10. The third kappa shape index (κ3) is 2.07. The summed E-state index contributed by atoms with van der Waals surface area (Å²) >= 11 is 0. The summed E-state index contributed by atoms with van der Waals surface area (Å²) in [5.41, 5.74) is 2.51. The highest BCUT2D eigenvalue weighted by Crippen LogP contribution is 2.22. The number of aromatic nitrogens is 1. The molecule has 0 saturated carbocycles. The number of piperidine rings is 1. The van der Waals surface area contributed by atoms with Crippen LogP contribution < -0.4 is 5.32 Å². The number of nitrogens with one attached hydrogen (secondary N) is 1. The lowest BCUT2D eigenvalue weighted by Gasteiger charge is -2.23. The van der Waals surface area contributed by atoms with Crippen LogP contribution >= 0.6 is 0 Å². The summed E-state index contributed by atoms with van der Waals surface area (Å²) in [5.74, 6) is 0. The summed E-state index contributed by atoms with van der Waals surface area (Å²) in [4.78, 5) is 4.21. The van der Waals surface area contributed by atoms with Gasteiger partial charge in [-0.1, -0.05) is 6.42 Å². The Morgan fingerprint density at radius 1 is 1.46 bits per heavy atom. The summed E-state index contributed by atoms with van der Waals surface area (Å²) in [7, 11) is 0. The molecular formula is C11H16N2. The van der Waals surface area contributed by atoms with E-state index in [1.165, 1.54) is 24.8 Å². The molecule has 2 heteroatoms. The van der Waals surface area contributed by atoms with Crippen molar-refractivity contribution in [2.24, 2.45) is 0 Å². The molecule has 1 N–H and O–H groups in total. The maximum Gasteiger partial charge on any atom is 0.0375 e. The molecule has 0 amide bonds. The van der Waals surface area contributed by atoms with Crippen molar-refractivity contribution in [1.82, 2.24) is 10.3 Å². The second-order valence-corrected chi connectivity index (χ2v) is 3.73. The van der Waals surface area contributed by atoms with Gasteiger partial charge in [-0.05, 0) is 44.0 Å². The molecule has 2 heterocycles. The minimum Gasteiger partial charge on any atom is -0.310 e. The van der Waals surface area contributed by atoms with Gasteiger partial charge >= 0.3 is 0 Å².